The van der Waals surface area contributed by atoms with Gasteiger partial charge >= 0.3 is 5.69 Å². The maximum atomic E-state index is 11.9. The van der Waals surface area contributed by atoms with E-state index in [2.05, 4.69) is 15.2 Å². The van der Waals surface area contributed by atoms with Crippen molar-refractivity contribution in [2.75, 3.05) is 13.2 Å². The normalized spacial score (nSPS) is 13.2. The van der Waals surface area contributed by atoms with Crippen LogP contribution in [0.2, 0.25) is 0 Å². The van der Waals surface area contributed by atoms with Crippen LogP contribution in [0.25, 0.3) is 28.1 Å². The van der Waals surface area contributed by atoms with E-state index in [0.29, 0.717) is 57.6 Å². The van der Waals surface area contributed by atoms with E-state index in [1.807, 2.05) is 18.2 Å². The topological polar surface area (TPSA) is 110 Å². The fourth-order valence-corrected chi connectivity index (χ4v) is 3.61. The molecule has 4 aromatic rings. The second-order valence-corrected chi connectivity index (χ2v) is 6.75. The van der Waals surface area contributed by atoms with E-state index < -0.39 is 0 Å². The Labute approximate surface area is 162 Å². The molecule has 142 valence electrons. The number of hydrogen-bond donors (Lipinski definition) is 3. The van der Waals surface area contributed by atoms with Gasteiger partial charge in [0, 0.05) is 13.1 Å². The summed E-state index contributed by atoms with van der Waals surface area (Å²) in [5.41, 5.74) is 1.96. The molecule has 0 amide bonds. The number of aromatic hydroxyl groups is 1. The van der Waals surface area contributed by atoms with Crippen molar-refractivity contribution < 1.29 is 14.6 Å². The molecule has 0 spiro atoms. The van der Waals surface area contributed by atoms with Crippen LogP contribution in [0, 0.1) is 4.77 Å². The van der Waals surface area contributed by atoms with Gasteiger partial charge in [-0.2, -0.15) is 5.10 Å². The molecule has 0 atom stereocenters. The van der Waals surface area contributed by atoms with Gasteiger partial charge in [0.15, 0.2) is 22.1 Å². The summed E-state index contributed by atoms with van der Waals surface area (Å²) in [5.74, 6) is 1.53. The fraction of sp³-hybridized carbons (Fsp3) is 0.167. The van der Waals surface area contributed by atoms with Crippen LogP contribution in [0.4, 0.5) is 0 Å². The third-order valence-corrected chi connectivity index (χ3v) is 5.00. The van der Waals surface area contributed by atoms with Gasteiger partial charge in [0.2, 0.25) is 0 Å². The Morgan fingerprint density at radius 3 is 2.93 bits per heavy atom. The van der Waals surface area contributed by atoms with Crippen LogP contribution in [-0.4, -0.2) is 42.6 Å². The predicted octanol–water partition coefficient (Wildman–Crippen LogP) is 2.25. The summed E-state index contributed by atoms with van der Waals surface area (Å²) < 4.78 is 14.9. The SMILES string of the molecule is Cn1c(=O)[nH]c2cc(O)c(-c3n[nH]c(=S)n3-c3cccc4c3OCCO4)cc21. The van der Waals surface area contributed by atoms with E-state index >= 15 is 0 Å². The summed E-state index contributed by atoms with van der Waals surface area (Å²) in [5, 5.41) is 17.7. The maximum absolute atomic E-state index is 11.9. The smallest absolute Gasteiger partial charge is 0.326 e. The van der Waals surface area contributed by atoms with Crippen molar-refractivity contribution in [2.45, 2.75) is 0 Å². The number of phenols is 1. The third-order valence-electron chi connectivity index (χ3n) is 4.72. The van der Waals surface area contributed by atoms with E-state index in [1.165, 1.54) is 10.6 Å². The predicted molar refractivity (Wildman–Crippen MR) is 104 cm³/mol. The van der Waals surface area contributed by atoms with E-state index in [0.717, 1.165) is 0 Å². The molecule has 10 heteroatoms. The second-order valence-electron chi connectivity index (χ2n) is 6.36. The number of phenolic OH excluding ortho intramolecular Hbond substituents is 1. The zero-order valence-corrected chi connectivity index (χ0v) is 15.5. The molecule has 28 heavy (non-hydrogen) atoms. The molecule has 0 fully saturated rings. The van der Waals surface area contributed by atoms with Gasteiger partial charge in [0.05, 0.1) is 22.3 Å². The van der Waals surface area contributed by atoms with Gasteiger partial charge in [-0.3, -0.25) is 14.2 Å². The average molecular weight is 397 g/mol. The number of hydrogen-bond acceptors (Lipinski definition) is 6. The van der Waals surface area contributed by atoms with Gasteiger partial charge < -0.3 is 19.6 Å². The first-order valence-electron chi connectivity index (χ1n) is 8.53. The van der Waals surface area contributed by atoms with Crippen molar-refractivity contribution in [1.29, 1.82) is 0 Å². The first-order valence-corrected chi connectivity index (χ1v) is 8.94. The Balaban J connectivity index is 1.78. The van der Waals surface area contributed by atoms with Crippen LogP contribution in [-0.2, 0) is 7.05 Å². The Bertz CT molecular complexity index is 1350. The number of aryl methyl sites for hydroxylation is 1. The van der Waals surface area contributed by atoms with Crippen LogP contribution >= 0.6 is 12.2 Å². The molecule has 9 nitrogen and oxygen atoms in total. The first kappa shape index (κ1) is 16.6. The molecule has 0 radical (unpaired) electrons. The maximum Gasteiger partial charge on any atom is 0.326 e. The van der Waals surface area contributed by atoms with Crippen LogP contribution < -0.4 is 15.2 Å². The Morgan fingerprint density at radius 2 is 2.07 bits per heavy atom. The Hall–Kier alpha value is -3.53. The molecule has 1 aliphatic rings. The first-order chi connectivity index (χ1) is 13.5. The number of H-pyrrole nitrogens is 2. The van der Waals surface area contributed by atoms with Gasteiger partial charge in [0.25, 0.3) is 0 Å². The molecule has 0 bridgehead atoms. The van der Waals surface area contributed by atoms with Gasteiger partial charge in [-0.05, 0) is 30.4 Å². The third kappa shape index (κ3) is 2.34. The van der Waals surface area contributed by atoms with Crippen molar-refractivity contribution in [1.82, 2.24) is 24.3 Å². The van der Waals surface area contributed by atoms with Crippen LogP contribution in [0.5, 0.6) is 17.2 Å². The highest BCUT2D eigenvalue weighted by Crippen LogP contribution is 2.39. The van der Waals surface area contributed by atoms with Crippen LogP contribution in [0.1, 0.15) is 0 Å². The van der Waals surface area contributed by atoms with Gasteiger partial charge in [0.1, 0.15) is 19.0 Å². The minimum absolute atomic E-state index is 0.0356. The molecular formula is C18H15N5O4S. The van der Waals surface area contributed by atoms with Crippen molar-refractivity contribution in [2.24, 2.45) is 7.05 Å². The van der Waals surface area contributed by atoms with Crippen molar-refractivity contribution in [3.63, 3.8) is 0 Å². The highest BCUT2D eigenvalue weighted by atomic mass is 32.1. The number of aromatic nitrogens is 5. The van der Waals surface area contributed by atoms with Gasteiger partial charge in [-0.1, -0.05) is 6.07 Å². The monoisotopic (exact) mass is 397 g/mol. The number of ether oxygens (including phenoxy) is 2. The summed E-state index contributed by atoms with van der Waals surface area (Å²) >= 11 is 5.43. The largest absolute Gasteiger partial charge is 0.507 e. The number of para-hydroxylation sites is 1. The quantitative estimate of drug-likeness (QED) is 0.448. The molecule has 3 heterocycles. The molecule has 0 aliphatic carbocycles. The summed E-state index contributed by atoms with van der Waals surface area (Å²) in [6, 6.07) is 8.68. The zero-order valence-electron chi connectivity index (χ0n) is 14.7. The minimum atomic E-state index is -0.270. The lowest BCUT2D eigenvalue weighted by Crippen LogP contribution is -2.17. The summed E-state index contributed by atoms with van der Waals surface area (Å²) in [4.78, 5) is 14.6. The zero-order chi connectivity index (χ0) is 19.4. The number of rotatable bonds is 2. The van der Waals surface area contributed by atoms with Gasteiger partial charge in [-0.25, -0.2) is 4.79 Å². The Morgan fingerprint density at radius 1 is 1.25 bits per heavy atom. The highest BCUT2D eigenvalue weighted by molar-refractivity contribution is 7.71. The van der Waals surface area contributed by atoms with Crippen LogP contribution in [0.15, 0.2) is 35.1 Å². The number of nitrogens with zero attached hydrogens (tertiary/aromatic N) is 3. The number of benzene rings is 2. The van der Waals surface area contributed by atoms with E-state index in [-0.39, 0.29) is 11.4 Å². The minimum Gasteiger partial charge on any atom is -0.507 e. The molecular weight excluding hydrogens is 382 g/mol. The lowest BCUT2D eigenvalue weighted by atomic mass is 10.1. The number of nitrogens with one attached hydrogen (secondary N) is 2. The number of fused-ring (bicyclic) bond motifs is 2. The van der Waals surface area contributed by atoms with E-state index in [1.54, 1.807) is 17.7 Å². The fourth-order valence-electron chi connectivity index (χ4n) is 3.38. The molecule has 0 saturated carbocycles. The van der Waals surface area contributed by atoms with Gasteiger partial charge in [-0.15, -0.1) is 0 Å². The lowest BCUT2D eigenvalue weighted by molar-refractivity contribution is 0.171. The van der Waals surface area contributed by atoms with Crippen molar-refractivity contribution in [3.8, 4) is 34.3 Å². The molecule has 0 unspecified atom stereocenters. The molecule has 2 aromatic carbocycles. The number of aromatic amines is 2. The van der Waals surface area contributed by atoms with Crippen LogP contribution in [0.3, 0.4) is 0 Å². The molecule has 0 saturated heterocycles. The Kier molecular flexibility index (Phi) is 3.56. The number of imidazole rings is 1. The molecule has 2 aromatic heterocycles. The molecule has 3 N–H and O–H groups in total. The van der Waals surface area contributed by atoms with E-state index in [4.69, 9.17) is 21.7 Å². The standard InChI is InChI=1S/C18H15N5O4S/c1-22-12-7-9(13(24)8-10(12)19-17(22)25)16-20-21-18(28)23(16)11-3-2-4-14-15(11)27-6-5-26-14/h2-4,7-8,24H,5-6H2,1H3,(H,19,25)(H,21,28). The summed E-state index contributed by atoms with van der Waals surface area (Å²) in [6.07, 6.45) is 0. The average Bonchev–Trinajstić information content (AvgIpc) is 3.20. The summed E-state index contributed by atoms with van der Waals surface area (Å²) in [7, 11) is 1.65. The van der Waals surface area contributed by atoms with Crippen molar-refractivity contribution >= 4 is 23.3 Å². The second kappa shape index (κ2) is 5.99. The molecule has 1 aliphatic heterocycles. The molecule has 5 rings (SSSR count). The summed E-state index contributed by atoms with van der Waals surface area (Å²) in [6.45, 7) is 0.895. The lowest BCUT2D eigenvalue weighted by Gasteiger charge is -2.21. The van der Waals surface area contributed by atoms with Crippen molar-refractivity contribution in [3.05, 3.63) is 45.6 Å². The van der Waals surface area contributed by atoms with E-state index in [9.17, 15) is 9.90 Å². The highest BCUT2D eigenvalue weighted by Gasteiger charge is 2.22.